The highest BCUT2D eigenvalue weighted by Gasteiger charge is 2.31. The van der Waals surface area contributed by atoms with Crippen LogP contribution in [-0.4, -0.2) is 29.5 Å². The average molecular weight is 494 g/mol. The first kappa shape index (κ1) is 26.9. The van der Waals surface area contributed by atoms with Gasteiger partial charge in [0.25, 0.3) is 10.0 Å². The van der Waals surface area contributed by atoms with Gasteiger partial charge in [0.1, 0.15) is 10.6 Å². The molecule has 0 saturated carbocycles. The molecule has 2 aromatic rings. The van der Waals surface area contributed by atoms with Gasteiger partial charge in [0, 0.05) is 0 Å². The number of aliphatic hydroxyl groups is 2. The minimum atomic E-state index is -4.31. The molecular weight excluding hydrogens is 462 g/mol. The first-order valence-corrected chi connectivity index (χ1v) is 13.0. The number of hydrogen-bond acceptors (Lipinski definition) is 8. The second kappa shape index (κ2) is 10.3. The molecule has 0 aliphatic rings. The molecule has 0 aliphatic heterocycles. The lowest BCUT2D eigenvalue weighted by atomic mass is 9.84. The van der Waals surface area contributed by atoms with Crippen LogP contribution in [0.25, 0.3) is 0 Å². The molecule has 1 heterocycles. The molecule has 1 aromatic carbocycles. The van der Waals surface area contributed by atoms with Gasteiger partial charge in [0.2, 0.25) is 5.91 Å². The third-order valence-corrected chi connectivity index (χ3v) is 8.71. The Labute approximate surface area is 199 Å². The monoisotopic (exact) mass is 493 g/mol. The largest absolute Gasteiger partial charge is 0.390 e. The summed E-state index contributed by atoms with van der Waals surface area (Å²) in [6.07, 6.45) is 0.615. The Bertz CT molecular complexity index is 1170. The maximum Gasteiger partial charge on any atom is 0.275 e. The summed E-state index contributed by atoms with van der Waals surface area (Å²) in [6, 6.07) is 5.67. The van der Waals surface area contributed by atoms with E-state index in [1.165, 1.54) is 13.8 Å². The van der Waals surface area contributed by atoms with E-state index in [2.05, 4.69) is 15.8 Å². The summed E-state index contributed by atoms with van der Waals surface area (Å²) in [5, 5.41) is 29.3. The normalized spacial score (nSPS) is 13.1. The van der Waals surface area contributed by atoms with Crippen LogP contribution in [0.4, 0.5) is 0 Å². The van der Waals surface area contributed by atoms with Gasteiger partial charge >= 0.3 is 0 Å². The summed E-state index contributed by atoms with van der Waals surface area (Å²) < 4.78 is 27.7. The van der Waals surface area contributed by atoms with Crippen molar-refractivity contribution in [2.24, 2.45) is 0 Å². The first-order chi connectivity index (χ1) is 15.2. The molecule has 180 valence electrons. The van der Waals surface area contributed by atoms with Gasteiger partial charge in [-0.3, -0.25) is 4.79 Å². The predicted octanol–water partition coefficient (Wildman–Crippen LogP) is 3.42. The number of aliphatic hydroxyl groups excluding tert-OH is 1. The summed E-state index contributed by atoms with van der Waals surface area (Å²) in [5.41, 5.74) is 1.38. The Morgan fingerprint density at radius 3 is 2.36 bits per heavy atom. The molecule has 1 atom stereocenters. The Kier molecular flexibility index (Phi) is 8.41. The highest BCUT2D eigenvalue weighted by atomic mass is 32.2. The van der Waals surface area contributed by atoms with Crippen molar-refractivity contribution < 1.29 is 23.4 Å². The van der Waals surface area contributed by atoms with Crippen LogP contribution in [0.3, 0.4) is 0 Å². The molecule has 3 N–H and O–H groups in total. The van der Waals surface area contributed by atoms with Gasteiger partial charge < -0.3 is 10.2 Å². The number of aromatic nitrogens is 1. The second-order valence-electron chi connectivity index (χ2n) is 8.88. The Balaban J connectivity index is 2.46. The number of amides is 1. The maximum atomic E-state index is 12.9. The molecule has 1 unspecified atom stereocenters. The topological polar surface area (TPSA) is 140 Å². The molecular formula is C23H31N3O5S2. The minimum Gasteiger partial charge on any atom is -0.390 e. The van der Waals surface area contributed by atoms with Crippen molar-refractivity contribution in [3.05, 3.63) is 45.1 Å². The van der Waals surface area contributed by atoms with E-state index in [4.69, 9.17) is 0 Å². The Morgan fingerprint density at radius 1 is 1.27 bits per heavy atom. The fraction of sp³-hybridized carbons (Fsp3) is 0.522. The van der Waals surface area contributed by atoms with Crippen molar-refractivity contribution in [2.45, 2.75) is 82.6 Å². The smallest absolute Gasteiger partial charge is 0.275 e. The van der Waals surface area contributed by atoms with Gasteiger partial charge in [0.15, 0.2) is 4.21 Å². The lowest BCUT2D eigenvalue weighted by Crippen LogP contribution is -2.32. The van der Waals surface area contributed by atoms with Crippen LogP contribution in [0.5, 0.6) is 0 Å². The van der Waals surface area contributed by atoms with E-state index in [0.29, 0.717) is 16.9 Å². The molecule has 33 heavy (non-hydrogen) atoms. The van der Waals surface area contributed by atoms with E-state index in [9.17, 15) is 28.7 Å². The third-order valence-electron chi connectivity index (χ3n) is 5.38. The van der Waals surface area contributed by atoms with Crippen LogP contribution < -0.4 is 4.72 Å². The first-order valence-electron chi connectivity index (χ1n) is 10.7. The van der Waals surface area contributed by atoms with Crippen molar-refractivity contribution in [1.29, 1.82) is 5.26 Å². The van der Waals surface area contributed by atoms with Crippen molar-refractivity contribution in [1.82, 2.24) is 9.71 Å². The molecule has 10 heteroatoms. The number of nitrogens with one attached hydrogen (secondary N) is 1. The zero-order valence-corrected chi connectivity index (χ0v) is 21.4. The molecule has 0 aliphatic carbocycles. The number of rotatable bonds is 9. The lowest BCUT2D eigenvalue weighted by molar-refractivity contribution is -0.118. The van der Waals surface area contributed by atoms with E-state index < -0.39 is 28.1 Å². The number of nitrogens with zero attached hydrogens (tertiary/aromatic N) is 2. The van der Waals surface area contributed by atoms with Crippen molar-refractivity contribution in [3.63, 3.8) is 0 Å². The molecule has 1 amide bonds. The number of thiazole rings is 1. The van der Waals surface area contributed by atoms with E-state index in [-0.39, 0.29) is 33.2 Å². The van der Waals surface area contributed by atoms with E-state index >= 15 is 0 Å². The van der Waals surface area contributed by atoms with Gasteiger partial charge in [-0.25, -0.2) is 18.1 Å². The van der Waals surface area contributed by atoms with Crippen molar-refractivity contribution >= 4 is 27.3 Å². The number of nitriles is 1. The zero-order valence-electron chi connectivity index (χ0n) is 19.8. The molecule has 8 nitrogen and oxygen atoms in total. The molecule has 0 spiro atoms. The van der Waals surface area contributed by atoms with Crippen molar-refractivity contribution in [2.75, 3.05) is 0 Å². The molecule has 0 radical (unpaired) electrons. The highest BCUT2D eigenvalue weighted by molar-refractivity contribution is 7.92. The van der Waals surface area contributed by atoms with E-state index in [1.54, 1.807) is 12.1 Å². The van der Waals surface area contributed by atoms with Crippen molar-refractivity contribution in [3.8, 4) is 6.07 Å². The van der Waals surface area contributed by atoms with Crippen LogP contribution in [0.2, 0.25) is 0 Å². The van der Waals surface area contributed by atoms with Gasteiger partial charge in [0.05, 0.1) is 30.4 Å². The van der Waals surface area contributed by atoms with Gasteiger partial charge in [-0.15, -0.1) is 11.3 Å². The van der Waals surface area contributed by atoms with Crippen LogP contribution in [0.15, 0.2) is 16.3 Å². The quantitative estimate of drug-likeness (QED) is 0.486. The summed E-state index contributed by atoms with van der Waals surface area (Å²) in [7, 11) is -4.31. The van der Waals surface area contributed by atoms with Crippen LogP contribution in [0.1, 0.15) is 92.8 Å². The lowest BCUT2D eigenvalue weighted by Gasteiger charge is -2.21. The number of carbonyl (C=O) groups is 1. The molecule has 1 aromatic heterocycles. The van der Waals surface area contributed by atoms with Crippen LogP contribution in [0, 0.1) is 11.3 Å². The number of benzene rings is 1. The molecule has 0 fully saturated rings. The van der Waals surface area contributed by atoms with Gasteiger partial charge in [-0.1, -0.05) is 27.7 Å². The third kappa shape index (κ3) is 6.18. The van der Waals surface area contributed by atoms with Crippen LogP contribution >= 0.6 is 11.3 Å². The highest BCUT2D eigenvalue weighted by Crippen LogP contribution is 2.33. The molecule has 2 rings (SSSR count). The standard InChI is InChI=1S/C23H31N3O5S2/c1-7-14(4)17-9-15(11-24)8-16(13(2)3)18(17)10-20(28)26-33(30,31)21-19(12-27)25-22(32-21)23(5,6)29/h8-9,13-14,27,29H,7,10,12H2,1-6H3,(H,26,28). The number of hydrogen-bond donors (Lipinski definition) is 3. The van der Waals surface area contributed by atoms with Gasteiger partial charge in [-0.2, -0.15) is 5.26 Å². The SMILES string of the molecule is CCC(C)c1cc(C#N)cc(C(C)C)c1CC(=O)NS(=O)(=O)c1sc(C(C)(C)O)nc1CO. The Hall–Kier alpha value is -2.32. The number of carbonyl (C=O) groups excluding carboxylic acids is 1. The minimum absolute atomic E-state index is 0.0253. The summed E-state index contributed by atoms with van der Waals surface area (Å²) in [6.45, 7) is 10.2. The summed E-state index contributed by atoms with van der Waals surface area (Å²) >= 11 is 0.711. The zero-order chi connectivity index (χ0) is 25.1. The summed E-state index contributed by atoms with van der Waals surface area (Å²) in [5.74, 6) is -0.627. The Morgan fingerprint density at radius 2 is 1.88 bits per heavy atom. The fourth-order valence-corrected chi connectivity index (χ4v) is 5.96. The van der Waals surface area contributed by atoms with E-state index in [0.717, 1.165) is 23.1 Å². The maximum absolute atomic E-state index is 12.9. The average Bonchev–Trinajstić information content (AvgIpc) is 3.18. The molecule has 0 bridgehead atoms. The van der Waals surface area contributed by atoms with E-state index in [1.807, 2.05) is 27.7 Å². The molecule has 0 saturated heterocycles. The number of sulfonamides is 1. The predicted molar refractivity (Wildman–Crippen MR) is 126 cm³/mol. The summed E-state index contributed by atoms with van der Waals surface area (Å²) in [4.78, 5) is 16.9. The van der Waals surface area contributed by atoms with Crippen LogP contribution in [-0.2, 0) is 33.4 Å². The second-order valence-corrected chi connectivity index (χ2v) is 11.8. The fourth-order valence-electron chi connectivity index (χ4n) is 3.46. The van der Waals surface area contributed by atoms with Gasteiger partial charge in [-0.05, 0) is 60.9 Å².